The molecule has 5 nitrogen and oxygen atoms in total. The van der Waals surface area contributed by atoms with Gasteiger partial charge < -0.3 is 4.90 Å². The number of halogens is 2. The molecule has 0 bridgehead atoms. The van der Waals surface area contributed by atoms with E-state index in [9.17, 15) is 9.59 Å². The monoisotopic (exact) mass is 515 g/mol. The number of hydrogen-bond donors (Lipinski definition) is 0. The van der Waals surface area contributed by atoms with Crippen molar-refractivity contribution in [3.63, 3.8) is 0 Å². The van der Waals surface area contributed by atoms with E-state index in [1.54, 1.807) is 17.4 Å². The Morgan fingerprint density at radius 3 is 2.53 bits per heavy atom. The minimum absolute atomic E-state index is 0.152. The second-order valence-corrected chi connectivity index (χ2v) is 10.4. The highest BCUT2D eigenvalue weighted by Crippen LogP contribution is 2.37. The quantitative estimate of drug-likeness (QED) is 0.235. The van der Waals surface area contributed by atoms with E-state index in [-0.39, 0.29) is 6.42 Å². The Labute approximate surface area is 214 Å². The average molecular weight is 516 g/mol. The van der Waals surface area contributed by atoms with Crippen molar-refractivity contribution in [1.29, 1.82) is 0 Å². The molecule has 4 rings (SSSR count). The molecule has 2 aromatic carbocycles. The zero-order chi connectivity index (χ0) is 23.9. The second kappa shape index (κ2) is 11.9. The van der Waals surface area contributed by atoms with Crippen molar-refractivity contribution in [2.24, 2.45) is 0 Å². The number of aromatic nitrogens is 1. The molecule has 8 heteroatoms. The van der Waals surface area contributed by atoms with Crippen LogP contribution in [0.2, 0.25) is 10.0 Å². The lowest BCUT2D eigenvalue weighted by atomic mass is 10.1. The third-order valence-electron chi connectivity index (χ3n) is 5.94. The summed E-state index contributed by atoms with van der Waals surface area (Å²) >= 11 is 14.1. The van der Waals surface area contributed by atoms with Gasteiger partial charge in [0.15, 0.2) is 17.2 Å². The number of rotatable bonds is 10. The minimum atomic E-state index is -0.409. The molecule has 1 aliphatic rings. The second-order valence-electron chi connectivity index (χ2n) is 8.48. The summed E-state index contributed by atoms with van der Waals surface area (Å²) in [5, 5.41) is 1.84. The van der Waals surface area contributed by atoms with Crippen LogP contribution in [-0.4, -0.2) is 41.6 Å². The van der Waals surface area contributed by atoms with Crippen LogP contribution < -0.4 is 4.90 Å². The van der Waals surface area contributed by atoms with Gasteiger partial charge in [-0.15, -0.1) is 0 Å². The predicted molar refractivity (Wildman–Crippen MR) is 140 cm³/mol. The van der Waals surface area contributed by atoms with E-state index in [1.165, 1.54) is 19.3 Å². The molecule has 0 saturated carbocycles. The van der Waals surface area contributed by atoms with Gasteiger partial charge in [0.05, 0.1) is 15.7 Å². The summed E-state index contributed by atoms with van der Waals surface area (Å²) in [5.74, 6) is -0.409. The van der Waals surface area contributed by atoms with E-state index in [0.29, 0.717) is 29.4 Å². The summed E-state index contributed by atoms with van der Waals surface area (Å²) in [5.41, 5.74) is 2.93. The van der Waals surface area contributed by atoms with Gasteiger partial charge in [-0.25, -0.2) is 4.98 Å². The number of aldehydes is 1. The summed E-state index contributed by atoms with van der Waals surface area (Å²) in [7, 11) is 0. The van der Waals surface area contributed by atoms with Crippen LogP contribution >= 0.6 is 34.5 Å². The number of Topliss-reactive ketones (excluding diaryl/α,β-unsaturated/α-hetero) is 1. The number of piperidine rings is 1. The van der Waals surface area contributed by atoms with Gasteiger partial charge in [0.25, 0.3) is 0 Å². The molecule has 1 aromatic heterocycles. The van der Waals surface area contributed by atoms with Crippen molar-refractivity contribution < 1.29 is 9.59 Å². The molecule has 3 aromatic rings. The number of ketones is 1. The minimum Gasteiger partial charge on any atom is -0.343 e. The summed E-state index contributed by atoms with van der Waals surface area (Å²) in [6.07, 6.45) is 4.24. The van der Waals surface area contributed by atoms with E-state index in [0.717, 1.165) is 46.5 Å². The topological polar surface area (TPSA) is 53.5 Å². The lowest BCUT2D eigenvalue weighted by Crippen LogP contribution is -2.28. The number of hydrogen-bond acceptors (Lipinski definition) is 6. The molecule has 0 amide bonds. The van der Waals surface area contributed by atoms with Gasteiger partial charge in [-0.3, -0.25) is 14.5 Å². The molecule has 0 unspecified atom stereocenters. The third-order valence-corrected chi connectivity index (χ3v) is 7.78. The molecule has 0 spiro atoms. The summed E-state index contributed by atoms with van der Waals surface area (Å²) in [4.78, 5) is 33.5. The van der Waals surface area contributed by atoms with E-state index >= 15 is 0 Å². The first kappa shape index (κ1) is 24.9. The maximum Gasteiger partial charge on any atom is 0.196 e. The zero-order valence-corrected chi connectivity index (χ0v) is 21.2. The maximum atomic E-state index is 11.8. The highest BCUT2D eigenvalue weighted by molar-refractivity contribution is 7.16. The van der Waals surface area contributed by atoms with Crippen molar-refractivity contribution in [1.82, 2.24) is 9.88 Å². The van der Waals surface area contributed by atoms with Gasteiger partial charge in [-0.1, -0.05) is 77.4 Å². The number of likely N-dealkylation sites (tertiary alicyclic amines) is 1. The Kier molecular flexibility index (Phi) is 8.73. The normalized spacial score (nSPS) is 14.2. The Hall–Kier alpha value is -2.25. The van der Waals surface area contributed by atoms with Crippen molar-refractivity contribution in [2.45, 2.75) is 38.8 Å². The molecule has 1 fully saturated rings. The largest absolute Gasteiger partial charge is 0.343 e. The van der Waals surface area contributed by atoms with Crippen molar-refractivity contribution in [3.05, 3.63) is 69.0 Å². The standard InChI is InChI=1S/C26H27Cl2N3O2S/c27-22-10-9-20(15-23(22)28)25-24(17-30-12-5-2-6-13-30)34-26(29-25)31(14-11-21(33)18-32)16-19-7-3-1-4-8-19/h1,3-4,7-10,15,18H,2,5-6,11-14,16-17H2. The van der Waals surface area contributed by atoms with Gasteiger partial charge in [0, 0.05) is 36.5 Å². The number of thiazole rings is 1. The van der Waals surface area contributed by atoms with Crippen LogP contribution in [0.5, 0.6) is 0 Å². The van der Waals surface area contributed by atoms with Crippen LogP contribution in [0.15, 0.2) is 48.5 Å². The van der Waals surface area contributed by atoms with Crippen LogP contribution in [0.1, 0.15) is 36.1 Å². The lowest BCUT2D eigenvalue weighted by Gasteiger charge is -2.26. The smallest absolute Gasteiger partial charge is 0.196 e. The van der Waals surface area contributed by atoms with Gasteiger partial charge in [0.1, 0.15) is 0 Å². The average Bonchev–Trinajstić information content (AvgIpc) is 3.28. The molecule has 0 radical (unpaired) electrons. The number of carbonyl (C=O) groups excluding carboxylic acids is 2. The lowest BCUT2D eigenvalue weighted by molar-refractivity contribution is -0.129. The highest BCUT2D eigenvalue weighted by atomic mass is 35.5. The Morgan fingerprint density at radius 1 is 1.06 bits per heavy atom. The first-order valence-electron chi connectivity index (χ1n) is 11.5. The summed E-state index contributed by atoms with van der Waals surface area (Å²) < 4.78 is 0. The first-order chi connectivity index (χ1) is 16.5. The number of anilines is 1. The van der Waals surface area contributed by atoms with Crippen molar-refractivity contribution in [2.75, 3.05) is 24.5 Å². The summed E-state index contributed by atoms with van der Waals surface area (Å²) in [6.45, 7) is 4.00. The molecule has 0 aliphatic carbocycles. The van der Waals surface area contributed by atoms with Crippen molar-refractivity contribution in [3.8, 4) is 11.3 Å². The molecule has 1 saturated heterocycles. The first-order valence-corrected chi connectivity index (χ1v) is 13.0. The van der Waals surface area contributed by atoms with Gasteiger partial charge in [0.2, 0.25) is 0 Å². The number of carbonyl (C=O) groups is 2. The van der Waals surface area contributed by atoms with E-state index in [1.807, 2.05) is 30.3 Å². The zero-order valence-electron chi connectivity index (χ0n) is 18.9. The molecule has 1 aliphatic heterocycles. The highest BCUT2D eigenvalue weighted by Gasteiger charge is 2.22. The van der Waals surface area contributed by atoms with Gasteiger partial charge in [-0.2, -0.15) is 0 Å². The van der Waals surface area contributed by atoms with Crippen LogP contribution in [0.3, 0.4) is 0 Å². The molecule has 0 atom stereocenters. The van der Waals surface area contributed by atoms with Gasteiger partial charge in [-0.05, 0) is 43.6 Å². The summed E-state index contributed by atoms with van der Waals surface area (Å²) in [6, 6.07) is 15.7. The van der Waals surface area contributed by atoms with Crippen molar-refractivity contribution >= 4 is 51.7 Å². The Bertz CT molecular complexity index is 1130. The van der Waals surface area contributed by atoms with E-state index in [2.05, 4.69) is 21.9 Å². The SMILES string of the molecule is O=CC(=O)CCN(Cc1ccccc1)c1nc(-c2ccc(Cl)c(Cl)c2)c(CN2CCCCC2)s1. The van der Waals surface area contributed by atoms with Crippen LogP contribution in [0.4, 0.5) is 5.13 Å². The van der Waals surface area contributed by atoms with Crippen LogP contribution in [-0.2, 0) is 22.7 Å². The maximum absolute atomic E-state index is 11.8. The Morgan fingerprint density at radius 2 is 1.82 bits per heavy atom. The fourth-order valence-electron chi connectivity index (χ4n) is 4.12. The van der Waals surface area contributed by atoms with E-state index in [4.69, 9.17) is 28.2 Å². The molecule has 2 heterocycles. The fourth-order valence-corrected chi connectivity index (χ4v) is 5.57. The predicted octanol–water partition coefficient (Wildman–Crippen LogP) is 6.27. The molecule has 34 heavy (non-hydrogen) atoms. The molecule has 0 N–H and O–H groups in total. The number of nitrogens with zero attached hydrogens (tertiary/aromatic N) is 3. The Balaban J connectivity index is 1.69. The molecular formula is C26H27Cl2N3O2S. The molecular weight excluding hydrogens is 489 g/mol. The van der Waals surface area contributed by atoms with Gasteiger partial charge >= 0.3 is 0 Å². The molecule has 178 valence electrons. The number of benzene rings is 2. The fraction of sp³-hybridized carbons (Fsp3) is 0.346. The van der Waals surface area contributed by atoms with E-state index < -0.39 is 5.78 Å². The van der Waals surface area contributed by atoms with Crippen LogP contribution in [0, 0.1) is 0 Å². The third kappa shape index (κ3) is 6.45. The van der Waals surface area contributed by atoms with Crippen LogP contribution in [0.25, 0.3) is 11.3 Å².